The lowest BCUT2D eigenvalue weighted by molar-refractivity contribution is 0.470. The highest BCUT2D eigenvalue weighted by molar-refractivity contribution is 7.73. The smallest absolute Gasteiger partial charge is 0.118 e. The molecule has 0 radical (unpaired) electrons. The molecule has 1 atom stereocenters. The normalized spacial score (nSPS) is 12.1. The SMILES string of the molecule is Cc1cc(C(Cc2ccc(O)cc2)P(c2ccccc2)c2ccccc2)ccc1O. The van der Waals surface area contributed by atoms with Gasteiger partial charge in [0.25, 0.3) is 0 Å². The van der Waals surface area contributed by atoms with Crippen LogP contribution in [0.1, 0.15) is 22.3 Å². The van der Waals surface area contributed by atoms with Gasteiger partial charge in [0, 0.05) is 5.66 Å². The van der Waals surface area contributed by atoms with Crippen molar-refractivity contribution in [3.05, 3.63) is 120 Å². The summed E-state index contributed by atoms with van der Waals surface area (Å²) in [4.78, 5) is 0. The molecule has 4 aromatic rings. The second kappa shape index (κ2) is 9.15. The van der Waals surface area contributed by atoms with E-state index in [-0.39, 0.29) is 11.4 Å². The Morgan fingerprint density at radius 1 is 0.700 bits per heavy atom. The van der Waals surface area contributed by atoms with E-state index in [2.05, 4.69) is 72.8 Å². The Morgan fingerprint density at radius 2 is 1.27 bits per heavy atom. The van der Waals surface area contributed by atoms with E-state index in [4.69, 9.17) is 0 Å². The number of hydrogen-bond acceptors (Lipinski definition) is 2. The van der Waals surface area contributed by atoms with Crippen LogP contribution in [-0.2, 0) is 6.42 Å². The van der Waals surface area contributed by atoms with Gasteiger partial charge in [-0.05, 0) is 66.8 Å². The van der Waals surface area contributed by atoms with Gasteiger partial charge in [-0.3, -0.25) is 0 Å². The van der Waals surface area contributed by atoms with Gasteiger partial charge in [-0.15, -0.1) is 0 Å². The molecule has 30 heavy (non-hydrogen) atoms. The zero-order chi connectivity index (χ0) is 20.9. The van der Waals surface area contributed by atoms with Crippen molar-refractivity contribution in [3.8, 4) is 11.5 Å². The van der Waals surface area contributed by atoms with E-state index in [0.29, 0.717) is 5.75 Å². The van der Waals surface area contributed by atoms with Gasteiger partial charge in [0.15, 0.2) is 0 Å². The predicted molar refractivity (Wildman–Crippen MR) is 126 cm³/mol. The molecule has 0 fully saturated rings. The van der Waals surface area contributed by atoms with Crippen LogP contribution in [0.25, 0.3) is 0 Å². The molecular weight excluding hydrogens is 387 g/mol. The molecule has 1 unspecified atom stereocenters. The number of phenolic OH excluding ortho intramolecular Hbond substituents is 2. The lowest BCUT2D eigenvalue weighted by Crippen LogP contribution is -2.18. The largest absolute Gasteiger partial charge is 0.508 e. The molecule has 0 aliphatic rings. The lowest BCUT2D eigenvalue weighted by atomic mass is 10.0. The van der Waals surface area contributed by atoms with Crippen LogP contribution >= 0.6 is 7.92 Å². The maximum absolute atomic E-state index is 10.1. The number of aromatic hydroxyl groups is 2. The van der Waals surface area contributed by atoms with Crippen molar-refractivity contribution in [2.24, 2.45) is 0 Å². The Morgan fingerprint density at radius 3 is 1.80 bits per heavy atom. The number of rotatable bonds is 6. The minimum atomic E-state index is -0.688. The van der Waals surface area contributed by atoms with E-state index in [9.17, 15) is 10.2 Å². The topological polar surface area (TPSA) is 40.5 Å². The van der Waals surface area contributed by atoms with Crippen LogP contribution in [0.3, 0.4) is 0 Å². The monoisotopic (exact) mass is 412 g/mol. The summed E-state index contributed by atoms with van der Waals surface area (Å²) >= 11 is 0. The van der Waals surface area contributed by atoms with Crippen LogP contribution < -0.4 is 10.6 Å². The zero-order valence-electron chi connectivity index (χ0n) is 16.9. The van der Waals surface area contributed by atoms with E-state index >= 15 is 0 Å². The molecule has 4 rings (SSSR count). The summed E-state index contributed by atoms with van der Waals surface area (Å²) in [7, 11) is -0.688. The third-order valence-corrected chi connectivity index (χ3v) is 8.16. The van der Waals surface area contributed by atoms with E-state index < -0.39 is 7.92 Å². The van der Waals surface area contributed by atoms with Gasteiger partial charge in [-0.1, -0.05) is 84.9 Å². The lowest BCUT2D eigenvalue weighted by Gasteiger charge is -2.30. The number of hydrogen-bond donors (Lipinski definition) is 2. The molecule has 0 bridgehead atoms. The maximum Gasteiger partial charge on any atom is 0.118 e. The summed E-state index contributed by atoms with van der Waals surface area (Å²) in [6.45, 7) is 1.95. The Hall–Kier alpha value is -3.09. The van der Waals surface area contributed by atoms with Crippen molar-refractivity contribution < 1.29 is 10.2 Å². The molecule has 0 aromatic heterocycles. The standard InChI is InChI=1S/C27H25O2P/c1-20-18-22(14-17-26(20)29)27(19-21-12-15-23(28)16-13-21)30(24-8-4-2-5-9-24)25-10-6-3-7-11-25/h2-18,27-29H,19H2,1H3. The molecule has 0 heterocycles. The third-order valence-electron chi connectivity index (χ3n) is 5.35. The molecule has 0 amide bonds. The van der Waals surface area contributed by atoms with Crippen molar-refractivity contribution in [2.75, 3.05) is 0 Å². The predicted octanol–water partition coefficient (Wildman–Crippen LogP) is 5.82. The van der Waals surface area contributed by atoms with Crippen LogP contribution in [0.15, 0.2) is 103 Å². The second-order valence-electron chi connectivity index (χ2n) is 7.47. The van der Waals surface area contributed by atoms with Gasteiger partial charge in [-0.2, -0.15) is 0 Å². The second-order valence-corrected chi connectivity index (χ2v) is 9.87. The van der Waals surface area contributed by atoms with Gasteiger partial charge in [0.05, 0.1) is 0 Å². The molecule has 3 heteroatoms. The van der Waals surface area contributed by atoms with Crippen molar-refractivity contribution in [1.82, 2.24) is 0 Å². The van der Waals surface area contributed by atoms with Gasteiger partial charge >= 0.3 is 0 Å². The first-order chi connectivity index (χ1) is 14.6. The van der Waals surface area contributed by atoms with Gasteiger partial charge in [0.2, 0.25) is 0 Å². The molecule has 150 valence electrons. The van der Waals surface area contributed by atoms with Crippen LogP contribution in [0, 0.1) is 6.92 Å². The number of benzene rings is 4. The highest BCUT2D eigenvalue weighted by atomic mass is 31.1. The third kappa shape index (κ3) is 4.56. The van der Waals surface area contributed by atoms with Crippen molar-refractivity contribution in [2.45, 2.75) is 19.0 Å². The quantitative estimate of drug-likeness (QED) is 0.392. The highest BCUT2D eigenvalue weighted by Crippen LogP contribution is 2.51. The summed E-state index contributed by atoms with van der Waals surface area (Å²) in [5.74, 6) is 0.607. The number of aryl methyl sites for hydroxylation is 1. The van der Waals surface area contributed by atoms with E-state index in [0.717, 1.165) is 12.0 Å². The summed E-state index contributed by atoms with van der Waals surface area (Å²) in [6.07, 6.45) is 0.847. The first kappa shape index (κ1) is 20.2. The average Bonchev–Trinajstić information content (AvgIpc) is 2.78. The fourth-order valence-electron chi connectivity index (χ4n) is 3.79. The van der Waals surface area contributed by atoms with Crippen molar-refractivity contribution in [1.29, 1.82) is 0 Å². The molecular formula is C27H25O2P. The molecule has 2 nitrogen and oxygen atoms in total. The molecule has 2 N–H and O–H groups in total. The molecule has 0 saturated heterocycles. The number of phenols is 2. The van der Waals surface area contributed by atoms with Gasteiger partial charge in [0.1, 0.15) is 11.5 Å². The minimum Gasteiger partial charge on any atom is -0.508 e. The summed E-state index contributed by atoms with van der Waals surface area (Å²) in [5, 5.41) is 22.5. The average molecular weight is 412 g/mol. The van der Waals surface area contributed by atoms with Crippen LogP contribution in [0.2, 0.25) is 0 Å². The van der Waals surface area contributed by atoms with Gasteiger partial charge < -0.3 is 10.2 Å². The summed E-state index contributed by atoms with van der Waals surface area (Å²) in [5.41, 5.74) is 3.52. The molecule has 4 aromatic carbocycles. The van der Waals surface area contributed by atoms with Crippen molar-refractivity contribution >= 4 is 18.5 Å². The van der Waals surface area contributed by atoms with E-state index in [1.54, 1.807) is 18.2 Å². The Kier molecular flexibility index (Phi) is 6.16. The van der Waals surface area contributed by atoms with Crippen molar-refractivity contribution in [3.63, 3.8) is 0 Å². The Balaban J connectivity index is 1.86. The molecule has 0 aliphatic carbocycles. The fourth-order valence-corrected chi connectivity index (χ4v) is 6.64. The first-order valence-corrected chi connectivity index (χ1v) is 11.5. The fraction of sp³-hybridized carbons (Fsp3) is 0.111. The van der Waals surface area contributed by atoms with E-state index in [1.165, 1.54) is 21.7 Å². The highest BCUT2D eigenvalue weighted by Gasteiger charge is 2.27. The van der Waals surface area contributed by atoms with Crippen LogP contribution in [0.5, 0.6) is 11.5 Å². The Bertz CT molecular complexity index is 1050. The zero-order valence-corrected chi connectivity index (χ0v) is 17.8. The minimum absolute atomic E-state index is 0.230. The Labute approximate surface area is 179 Å². The first-order valence-electron chi connectivity index (χ1n) is 10.1. The molecule has 0 spiro atoms. The molecule has 0 aliphatic heterocycles. The van der Waals surface area contributed by atoms with Crippen LogP contribution in [0.4, 0.5) is 0 Å². The molecule has 0 saturated carbocycles. The van der Waals surface area contributed by atoms with Gasteiger partial charge in [-0.25, -0.2) is 0 Å². The van der Waals surface area contributed by atoms with Crippen LogP contribution in [-0.4, -0.2) is 10.2 Å². The van der Waals surface area contributed by atoms with E-state index in [1.807, 2.05) is 19.1 Å². The maximum atomic E-state index is 10.1. The summed E-state index contributed by atoms with van der Waals surface area (Å²) in [6, 6.07) is 34.9. The summed E-state index contributed by atoms with van der Waals surface area (Å²) < 4.78 is 0.